The van der Waals surface area contributed by atoms with Gasteiger partial charge in [-0.1, -0.05) is 31.2 Å². The molecule has 0 bridgehead atoms. The van der Waals surface area contributed by atoms with Gasteiger partial charge in [0.25, 0.3) is 0 Å². The number of fused-ring (bicyclic) bond motifs is 1. The van der Waals surface area contributed by atoms with Crippen LogP contribution in [0.15, 0.2) is 36.4 Å². The van der Waals surface area contributed by atoms with Gasteiger partial charge in [-0.25, -0.2) is 4.39 Å². The van der Waals surface area contributed by atoms with Crippen molar-refractivity contribution in [1.29, 1.82) is 0 Å². The number of carbonyl (C=O) groups excluding carboxylic acids is 4. The molecule has 1 saturated heterocycles. The summed E-state index contributed by atoms with van der Waals surface area (Å²) in [6.07, 6.45) is 5.27. The number of halogens is 1. The Morgan fingerprint density at radius 2 is 1.69 bits per heavy atom. The molecule has 1 heterocycles. The van der Waals surface area contributed by atoms with E-state index in [4.69, 9.17) is 0 Å². The summed E-state index contributed by atoms with van der Waals surface area (Å²) >= 11 is 0. The van der Waals surface area contributed by atoms with Gasteiger partial charge >= 0.3 is 0 Å². The van der Waals surface area contributed by atoms with Gasteiger partial charge in [-0.3, -0.25) is 24.1 Å². The van der Waals surface area contributed by atoms with Crippen LogP contribution in [0, 0.1) is 17.7 Å². The van der Waals surface area contributed by atoms with E-state index in [1.54, 1.807) is 19.1 Å². The molecular weight excluding hydrogens is 413 g/mol. The van der Waals surface area contributed by atoms with Crippen LogP contribution in [0.5, 0.6) is 0 Å². The van der Waals surface area contributed by atoms with Gasteiger partial charge in [0.15, 0.2) is 0 Å². The van der Waals surface area contributed by atoms with Crippen LogP contribution in [0.2, 0.25) is 0 Å². The molecule has 1 aliphatic carbocycles. The van der Waals surface area contributed by atoms with Crippen molar-refractivity contribution in [3.8, 4) is 0 Å². The summed E-state index contributed by atoms with van der Waals surface area (Å²) in [5.74, 6) is -2.11. The summed E-state index contributed by atoms with van der Waals surface area (Å²) in [7, 11) is 0. The molecular formula is C24H30FN3O4. The molecule has 7 nitrogen and oxygen atoms in total. The molecule has 1 aromatic rings. The average Bonchev–Trinajstić information content (AvgIpc) is 3.03. The third-order valence-corrected chi connectivity index (χ3v) is 6.15. The number of rotatable bonds is 9. The van der Waals surface area contributed by atoms with Crippen molar-refractivity contribution in [3.05, 3.63) is 47.8 Å². The monoisotopic (exact) mass is 443 g/mol. The Morgan fingerprint density at radius 1 is 1.09 bits per heavy atom. The Balaban J connectivity index is 1.74. The molecule has 3 rings (SSSR count). The topological polar surface area (TPSA) is 86.8 Å². The molecule has 2 aliphatic rings. The first kappa shape index (κ1) is 23.6. The second-order valence-corrected chi connectivity index (χ2v) is 8.20. The minimum atomic E-state index is -0.704. The second-order valence-electron chi connectivity index (χ2n) is 8.20. The number of hydrogen-bond acceptors (Lipinski definition) is 4. The standard InChI is InChI=1S/C24H30FN3O4/c1-3-20(22(30)26-4-2)28(15-16-9-11-17(25)12-10-16)21(29)13-14-27-23(31)18-7-5-6-8-19(18)24(27)32/h5-6,9-12,18-20H,3-4,7-8,13-15H2,1-2H3,(H,26,30)/t18-,19+,20-/m0/s1. The van der Waals surface area contributed by atoms with Crippen molar-refractivity contribution >= 4 is 23.6 Å². The third kappa shape index (κ3) is 5.06. The Morgan fingerprint density at radius 3 is 2.22 bits per heavy atom. The summed E-state index contributed by atoms with van der Waals surface area (Å²) in [6, 6.07) is 5.06. The molecule has 8 heteroatoms. The zero-order valence-electron chi connectivity index (χ0n) is 18.6. The van der Waals surface area contributed by atoms with E-state index in [9.17, 15) is 23.6 Å². The predicted octanol–water partition coefficient (Wildman–Crippen LogP) is 2.41. The molecule has 32 heavy (non-hydrogen) atoms. The zero-order valence-corrected chi connectivity index (χ0v) is 18.6. The number of likely N-dealkylation sites (tertiary alicyclic amines) is 1. The fraction of sp³-hybridized carbons (Fsp3) is 0.500. The van der Waals surface area contributed by atoms with Crippen LogP contribution in [0.4, 0.5) is 4.39 Å². The second kappa shape index (κ2) is 10.5. The highest BCUT2D eigenvalue weighted by atomic mass is 19.1. The van der Waals surface area contributed by atoms with Gasteiger partial charge in [0.2, 0.25) is 23.6 Å². The SMILES string of the molecule is CCNC(=O)[C@H](CC)N(Cc1ccc(F)cc1)C(=O)CCN1C(=O)[C@H]2CC=CC[C@H]2C1=O. The van der Waals surface area contributed by atoms with E-state index >= 15 is 0 Å². The lowest BCUT2D eigenvalue weighted by atomic mass is 9.85. The van der Waals surface area contributed by atoms with Gasteiger partial charge in [-0.05, 0) is 43.9 Å². The Labute approximate surface area is 187 Å². The van der Waals surface area contributed by atoms with Gasteiger partial charge in [0.1, 0.15) is 11.9 Å². The lowest BCUT2D eigenvalue weighted by molar-refractivity contribution is -0.144. The quantitative estimate of drug-likeness (QED) is 0.469. The fourth-order valence-corrected chi connectivity index (χ4v) is 4.44. The molecule has 4 amide bonds. The molecule has 1 N–H and O–H groups in total. The maximum Gasteiger partial charge on any atom is 0.242 e. The first-order chi connectivity index (χ1) is 15.4. The van der Waals surface area contributed by atoms with Gasteiger partial charge < -0.3 is 10.2 Å². The number of hydrogen-bond donors (Lipinski definition) is 1. The first-order valence-electron chi connectivity index (χ1n) is 11.2. The zero-order chi connectivity index (χ0) is 23.3. The molecule has 0 saturated carbocycles. The Bertz CT molecular complexity index is 873. The van der Waals surface area contributed by atoms with Crippen LogP contribution < -0.4 is 5.32 Å². The number of imide groups is 1. The van der Waals surface area contributed by atoms with E-state index in [-0.39, 0.29) is 60.8 Å². The van der Waals surface area contributed by atoms with Crippen molar-refractivity contribution < 1.29 is 23.6 Å². The van der Waals surface area contributed by atoms with Crippen LogP contribution in [0.1, 0.15) is 45.1 Å². The van der Waals surface area contributed by atoms with Crippen LogP contribution in [-0.4, -0.2) is 52.6 Å². The predicted molar refractivity (Wildman–Crippen MR) is 116 cm³/mol. The lowest BCUT2D eigenvalue weighted by Crippen LogP contribution is -2.49. The number of carbonyl (C=O) groups is 4. The van der Waals surface area contributed by atoms with Crippen LogP contribution >= 0.6 is 0 Å². The first-order valence-corrected chi connectivity index (χ1v) is 11.2. The Hall–Kier alpha value is -3.03. The van der Waals surface area contributed by atoms with Crippen molar-refractivity contribution in [2.45, 2.75) is 52.1 Å². The van der Waals surface area contributed by atoms with E-state index in [1.165, 1.54) is 21.9 Å². The molecule has 0 spiro atoms. The molecule has 172 valence electrons. The molecule has 3 atom stereocenters. The average molecular weight is 444 g/mol. The third-order valence-electron chi connectivity index (χ3n) is 6.15. The van der Waals surface area contributed by atoms with Gasteiger partial charge in [0, 0.05) is 26.1 Å². The van der Waals surface area contributed by atoms with Crippen molar-refractivity contribution in [1.82, 2.24) is 15.1 Å². The normalized spacial score (nSPS) is 20.8. The molecule has 1 fully saturated rings. The minimum Gasteiger partial charge on any atom is -0.355 e. The number of nitrogens with one attached hydrogen (secondary N) is 1. The number of allylic oxidation sites excluding steroid dienone is 2. The highest BCUT2D eigenvalue weighted by molar-refractivity contribution is 6.05. The highest BCUT2D eigenvalue weighted by Gasteiger charge is 2.47. The van der Waals surface area contributed by atoms with E-state index in [2.05, 4.69) is 5.32 Å². The smallest absolute Gasteiger partial charge is 0.242 e. The van der Waals surface area contributed by atoms with Crippen LogP contribution in [-0.2, 0) is 25.7 Å². The van der Waals surface area contributed by atoms with Crippen molar-refractivity contribution in [2.75, 3.05) is 13.1 Å². The summed E-state index contributed by atoms with van der Waals surface area (Å²) in [5.41, 5.74) is 0.688. The maximum absolute atomic E-state index is 13.3. The van der Waals surface area contributed by atoms with Crippen molar-refractivity contribution in [3.63, 3.8) is 0 Å². The van der Waals surface area contributed by atoms with Crippen LogP contribution in [0.25, 0.3) is 0 Å². The van der Waals surface area contributed by atoms with E-state index < -0.39 is 6.04 Å². The van der Waals surface area contributed by atoms with E-state index in [0.717, 1.165) is 0 Å². The summed E-state index contributed by atoms with van der Waals surface area (Å²) in [4.78, 5) is 53.9. The van der Waals surface area contributed by atoms with Gasteiger partial charge in [0.05, 0.1) is 11.8 Å². The van der Waals surface area contributed by atoms with E-state index in [1.807, 2.05) is 19.1 Å². The number of amides is 4. The molecule has 0 unspecified atom stereocenters. The van der Waals surface area contributed by atoms with Crippen LogP contribution in [0.3, 0.4) is 0 Å². The molecule has 1 aliphatic heterocycles. The number of nitrogens with zero attached hydrogens (tertiary/aromatic N) is 2. The fourth-order valence-electron chi connectivity index (χ4n) is 4.44. The summed E-state index contributed by atoms with van der Waals surface area (Å²) < 4.78 is 13.3. The number of benzene rings is 1. The molecule has 0 radical (unpaired) electrons. The molecule has 1 aromatic carbocycles. The highest BCUT2D eigenvalue weighted by Crippen LogP contribution is 2.35. The van der Waals surface area contributed by atoms with Crippen molar-refractivity contribution in [2.24, 2.45) is 11.8 Å². The van der Waals surface area contributed by atoms with Gasteiger partial charge in [-0.2, -0.15) is 0 Å². The summed E-state index contributed by atoms with van der Waals surface area (Å²) in [5, 5.41) is 2.75. The number of likely N-dealkylation sites (N-methyl/N-ethyl adjacent to an activating group) is 1. The lowest BCUT2D eigenvalue weighted by Gasteiger charge is -2.31. The molecule has 0 aromatic heterocycles. The Kier molecular flexibility index (Phi) is 7.77. The van der Waals surface area contributed by atoms with E-state index in [0.29, 0.717) is 31.4 Å². The largest absolute Gasteiger partial charge is 0.355 e. The summed E-state index contributed by atoms with van der Waals surface area (Å²) in [6.45, 7) is 4.17. The maximum atomic E-state index is 13.3. The van der Waals surface area contributed by atoms with Gasteiger partial charge in [-0.15, -0.1) is 0 Å². The minimum absolute atomic E-state index is 0.00471.